The van der Waals surface area contributed by atoms with Gasteiger partial charge < -0.3 is 14.2 Å². The highest BCUT2D eigenvalue weighted by atomic mass is 16.6. The van der Waals surface area contributed by atoms with Crippen molar-refractivity contribution in [1.82, 2.24) is 0 Å². The van der Waals surface area contributed by atoms with E-state index in [-0.39, 0.29) is 37.5 Å². The van der Waals surface area contributed by atoms with Crippen LogP contribution in [0.2, 0.25) is 0 Å². The standard InChI is InChI=1S/C56H88O6/c1-4-7-10-13-16-19-22-25-27-29-31-34-37-40-43-46-49-55(58)61-52-53(51-60-54(57)48-45-42-39-36-33-30-24-21-18-15-12-9-6-3)62-56(59)50-47-44-41-38-35-32-28-26-23-20-17-14-11-8-5-2/h7-8,10-11,14,16-17,19-20,23,25-28,30-35,53H,4-6,9,12-13,15,18,21-22,24,29,36-52H2,1-3H3/b10-7-,11-8-,17-14-,19-16-,23-20-,27-25-,28-26-,33-30-,34-31-,35-32-. The molecule has 0 N–H and O–H groups in total. The van der Waals surface area contributed by atoms with Crippen LogP contribution in [0.5, 0.6) is 0 Å². The number of rotatable bonds is 42. The largest absolute Gasteiger partial charge is 0.462 e. The first kappa shape index (κ1) is 57.8. The van der Waals surface area contributed by atoms with Crippen molar-refractivity contribution in [1.29, 1.82) is 0 Å². The van der Waals surface area contributed by atoms with Crippen molar-refractivity contribution in [2.24, 2.45) is 0 Å². The second-order valence-corrected chi connectivity index (χ2v) is 15.7. The molecule has 6 heteroatoms. The second kappa shape index (κ2) is 49.5. The highest BCUT2D eigenvalue weighted by Crippen LogP contribution is 2.12. The Bertz CT molecular complexity index is 1350. The maximum absolute atomic E-state index is 12.8. The molecule has 0 rings (SSSR count). The lowest BCUT2D eigenvalue weighted by Crippen LogP contribution is -2.30. The average Bonchev–Trinajstić information content (AvgIpc) is 3.27. The zero-order chi connectivity index (χ0) is 45.1. The van der Waals surface area contributed by atoms with Gasteiger partial charge in [0.25, 0.3) is 0 Å². The summed E-state index contributed by atoms with van der Waals surface area (Å²) in [6.07, 6.45) is 67.5. The fourth-order valence-corrected chi connectivity index (χ4v) is 6.15. The molecule has 0 amide bonds. The zero-order valence-electron chi connectivity index (χ0n) is 39.6. The van der Waals surface area contributed by atoms with Gasteiger partial charge in [-0.2, -0.15) is 0 Å². The summed E-state index contributed by atoms with van der Waals surface area (Å²) in [7, 11) is 0. The highest BCUT2D eigenvalue weighted by Gasteiger charge is 2.19. The zero-order valence-corrected chi connectivity index (χ0v) is 39.6. The van der Waals surface area contributed by atoms with Gasteiger partial charge >= 0.3 is 17.9 Å². The van der Waals surface area contributed by atoms with E-state index in [4.69, 9.17) is 14.2 Å². The van der Waals surface area contributed by atoms with Gasteiger partial charge in [0.05, 0.1) is 0 Å². The summed E-state index contributed by atoms with van der Waals surface area (Å²) < 4.78 is 16.7. The van der Waals surface area contributed by atoms with Gasteiger partial charge in [-0.1, -0.05) is 194 Å². The molecular formula is C56H88O6. The van der Waals surface area contributed by atoms with Crippen molar-refractivity contribution in [3.05, 3.63) is 122 Å². The summed E-state index contributed by atoms with van der Waals surface area (Å²) in [6.45, 7) is 6.27. The van der Waals surface area contributed by atoms with Gasteiger partial charge in [0.15, 0.2) is 6.10 Å². The second-order valence-electron chi connectivity index (χ2n) is 15.7. The summed E-state index contributed by atoms with van der Waals surface area (Å²) in [5.41, 5.74) is 0. The molecule has 0 aliphatic rings. The molecule has 0 aliphatic carbocycles. The molecule has 62 heavy (non-hydrogen) atoms. The van der Waals surface area contributed by atoms with Crippen LogP contribution in [0.3, 0.4) is 0 Å². The topological polar surface area (TPSA) is 78.9 Å². The Kier molecular flexibility index (Phi) is 46.1. The van der Waals surface area contributed by atoms with E-state index in [2.05, 4.69) is 93.7 Å². The fourth-order valence-electron chi connectivity index (χ4n) is 6.15. The molecular weight excluding hydrogens is 769 g/mol. The van der Waals surface area contributed by atoms with Crippen LogP contribution in [0.4, 0.5) is 0 Å². The van der Waals surface area contributed by atoms with Crippen LogP contribution in [-0.2, 0) is 28.6 Å². The molecule has 0 saturated heterocycles. The maximum atomic E-state index is 12.8. The summed E-state index contributed by atoms with van der Waals surface area (Å²) in [4.78, 5) is 37.9. The average molecular weight is 857 g/mol. The van der Waals surface area contributed by atoms with E-state index >= 15 is 0 Å². The quantitative estimate of drug-likeness (QED) is 0.0200. The minimum Gasteiger partial charge on any atom is -0.462 e. The smallest absolute Gasteiger partial charge is 0.306 e. The van der Waals surface area contributed by atoms with Gasteiger partial charge in [0.2, 0.25) is 0 Å². The minimum atomic E-state index is -0.822. The fraction of sp³-hybridized carbons (Fsp3) is 0.589. The lowest BCUT2D eigenvalue weighted by Gasteiger charge is -2.18. The Labute approximate surface area is 380 Å². The Morgan fingerprint density at radius 3 is 1.19 bits per heavy atom. The lowest BCUT2D eigenvalue weighted by molar-refractivity contribution is -0.167. The first-order valence-electron chi connectivity index (χ1n) is 24.6. The molecule has 0 aromatic carbocycles. The van der Waals surface area contributed by atoms with Crippen LogP contribution >= 0.6 is 0 Å². The highest BCUT2D eigenvalue weighted by molar-refractivity contribution is 5.71. The van der Waals surface area contributed by atoms with Crippen molar-refractivity contribution in [3.8, 4) is 0 Å². The summed E-state index contributed by atoms with van der Waals surface area (Å²) in [5.74, 6) is -1.02. The van der Waals surface area contributed by atoms with Crippen LogP contribution in [0.15, 0.2) is 122 Å². The number of ether oxygens (including phenoxy) is 3. The van der Waals surface area contributed by atoms with E-state index in [0.717, 1.165) is 109 Å². The Morgan fingerprint density at radius 2 is 0.710 bits per heavy atom. The number of carbonyl (C=O) groups excluding carboxylic acids is 3. The van der Waals surface area contributed by atoms with Crippen molar-refractivity contribution in [2.45, 2.75) is 200 Å². The molecule has 0 radical (unpaired) electrons. The normalized spacial score (nSPS) is 13.1. The predicted octanol–water partition coefficient (Wildman–Crippen LogP) is 16.1. The van der Waals surface area contributed by atoms with Crippen LogP contribution in [0.25, 0.3) is 0 Å². The number of esters is 3. The van der Waals surface area contributed by atoms with Crippen LogP contribution in [0, 0.1) is 0 Å². The van der Waals surface area contributed by atoms with E-state index in [9.17, 15) is 14.4 Å². The Hall–Kier alpha value is -4.19. The van der Waals surface area contributed by atoms with E-state index in [0.29, 0.717) is 19.3 Å². The Morgan fingerprint density at radius 1 is 0.355 bits per heavy atom. The summed E-state index contributed by atoms with van der Waals surface area (Å²) >= 11 is 0. The van der Waals surface area contributed by atoms with Crippen molar-refractivity contribution < 1.29 is 28.6 Å². The molecule has 0 bridgehead atoms. The van der Waals surface area contributed by atoms with Crippen molar-refractivity contribution in [3.63, 3.8) is 0 Å². The number of hydrogen-bond donors (Lipinski definition) is 0. The third-order valence-corrected chi connectivity index (χ3v) is 9.81. The Balaban J connectivity index is 4.57. The molecule has 0 heterocycles. The molecule has 0 aromatic rings. The van der Waals surface area contributed by atoms with E-state index in [1.807, 2.05) is 48.6 Å². The van der Waals surface area contributed by atoms with Gasteiger partial charge in [-0.15, -0.1) is 0 Å². The summed E-state index contributed by atoms with van der Waals surface area (Å²) in [5, 5.41) is 0. The van der Waals surface area contributed by atoms with Crippen molar-refractivity contribution in [2.75, 3.05) is 13.2 Å². The van der Waals surface area contributed by atoms with Crippen LogP contribution in [0.1, 0.15) is 194 Å². The first-order chi connectivity index (χ1) is 30.5. The van der Waals surface area contributed by atoms with Crippen LogP contribution in [-0.4, -0.2) is 37.2 Å². The van der Waals surface area contributed by atoms with E-state index in [1.54, 1.807) is 0 Å². The molecule has 0 aliphatic heterocycles. The van der Waals surface area contributed by atoms with E-state index < -0.39 is 6.10 Å². The molecule has 348 valence electrons. The number of allylic oxidation sites excluding steroid dienone is 20. The summed E-state index contributed by atoms with van der Waals surface area (Å²) in [6, 6.07) is 0. The van der Waals surface area contributed by atoms with Crippen molar-refractivity contribution >= 4 is 17.9 Å². The predicted molar refractivity (Wildman–Crippen MR) is 265 cm³/mol. The van der Waals surface area contributed by atoms with Gasteiger partial charge in [0, 0.05) is 19.3 Å². The van der Waals surface area contributed by atoms with Gasteiger partial charge in [-0.3, -0.25) is 14.4 Å². The van der Waals surface area contributed by atoms with Gasteiger partial charge in [-0.25, -0.2) is 0 Å². The van der Waals surface area contributed by atoms with Gasteiger partial charge in [0.1, 0.15) is 13.2 Å². The molecule has 0 aromatic heterocycles. The monoisotopic (exact) mass is 857 g/mol. The van der Waals surface area contributed by atoms with E-state index in [1.165, 1.54) is 38.5 Å². The van der Waals surface area contributed by atoms with Crippen LogP contribution < -0.4 is 0 Å². The first-order valence-corrected chi connectivity index (χ1v) is 24.6. The van der Waals surface area contributed by atoms with Gasteiger partial charge in [-0.05, 0) is 103 Å². The molecule has 0 fully saturated rings. The molecule has 6 nitrogen and oxygen atoms in total. The third kappa shape index (κ3) is 46.9. The molecule has 1 unspecified atom stereocenters. The molecule has 0 spiro atoms. The lowest BCUT2D eigenvalue weighted by atomic mass is 10.1. The minimum absolute atomic E-state index is 0.117. The number of hydrogen-bond acceptors (Lipinski definition) is 6. The maximum Gasteiger partial charge on any atom is 0.306 e. The third-order valence-electron chi connectivity index (χ3n) is 9.81. The SMILES string of the molecule is CC\C=C/C=C\C=C/C=C\C=C/CCCCCC(=O)OC(COC(=O)CCCCC/C=C\C/C=C\C/C=C\C/C=C\CC)COC(=O)CCCCC/C=C\CCCCCCCC. The number of unbranched alkanes of at least 4 members (excludes halogenated alkanes) is 15. The number of carbonyl (C=O) groups is 3. The molecule has 1 atom stereocenters. The molecule has 0 saturated carbocycles.